The molecule has 0 aliphatic carbocycles. The van der Waals surface area contributed by atoms with E-state index in [2.05, 4.69) is 20.7 Å². The minimum Gasteiger partial charge on any atom is -0.463 e. The van der Waals surface area contributed by atoms with Gasteiger partial charge in [-0.15, -0.1) is 11.3 Å². The van der Waals surface area contributed by atoms with Crippen molar-refractivity contribution in [3.63, 3.8) is 0 Å². The second-order valence-corrected chi connectivity index (χ2v) is 5.52. The molecular weight excluding hydrogens is 320 g/mol. The smallest absolute Gasteiger partial charge is 0.374 e. The maximum atomic E-state index is 11.5. The Morgan fingerprint density at radius 2 is 2.12 bits per heavy atom. The van der Waals surface area contributed by atoms with Crippen LogP contribution in [-0.4, -0.2) is 24.6 Å². The van der Waals surface area contributed by atoms with Crippen LogP contribution < -0.4 is 0 Å². The highest BCUT2D eigenvalue weighted by Gasteiger charge is 2.21. The molecule has 0 spiro atoms. The van der Waals surface area contributed by atoms with Gasteiger partial charge in [0.1, 0.15) is 0 Å². The molecule has 0 saturated heterocycles. The van der Waals surface area contributed by atoms with Gasteiger partial charge >= 0.3 is 5.97 Å². The zero-order chi connectivity index (χ0) is 12.3. The molecule has 0 radical (unpaired) electrons. The number of ketones is 2. The minimum absolute atomic E-state index is 0.328. The molecule has 0 aromatic carbocycles. The molecule has 0 unspecified atom stereocenters. The van der Waals surface area contributed by atoms with E-state index in [0.717, 1.165) is 18.4 Å². The van der Waals surface area contributed by atoms with Crippen LogP contribution in [0.15, 0.2) is 9.85 Å². The fourth-order valence-electron chi connectivity index (χ4n) is 0.903. The van der Waals surface area contributed by atoms with E-state index in [-0.39, 0.29) is 0 Å². The fraction of sp³-hybridized carbons (Fsp3) is 0.222. The molecule has 0 fully saturated rings. The number of ether oxygens (including phenoxy) is 1. The lowest BCUT2D eigenvalue weighted by atomic mass is 10.2. The predicted molar refractivity (Wildman–Crippen MR) is 63.0 cm³/mol. The van der Waals surface area contributed by atoms with Crippen LogP contribution >= 0.6 is 38.9 Å². The van der Waals surface area contributed by atoms with Crippen molar-refractivity contribution in [2.24, 2.45) is 0 Å². The molecule has 0 saturated carbocycles. The summed E-state index contributed by atoms with van der Waals surface area (Å²) in [6, 6.07) is 1.45. The highest BCUT2D eigenvalue weighted by molar-refractivity contribution is 9.11. The molecule has 7 heteroatoms. The van der Waals surface area contributed by atoms with E-state index in [4.69, 9.17) is 11.6 Å². The van der Waals surface area contributed by atoms with Gasteiger partial charge < -0.3 is 4.74 Å². The number of hydrogen-bond acceptors (Lipinski definition) is 5. The SMILES string of the molecule is COC(=O)C(=O)CC(=O)c1cc(Cl)c(Br)s1. The molecule has 0 aliphatic heterocycles. The van der Waals surface area contributed by atoms with Crippen molar-refractivity contribution >= 4 is 56.4 Å². The molecule has 0 amide bonds. The number of esters is 1. The lowest BCUT2D eigenvalue weighted by molar-refractivity contribution is -0.151. The summed E-state index contributed by atoms with van der Waals surface area (Å²) in [7, 11) is 1.09. The zero-order valence-corrected chi connectivity index (χ0v) is 11.2. The number of methoxy groups -OCH3 is 1. The molecule has 0 N–H and O–H groups in total. The van der Waals surface area contributed by atoms with Crippen LogP contribution in [-0.2, 0) is 14.3 Å². The third kappa shape index (κ3) is 3.13. The van der Waals surface area contributed by atoms with E-state index in [0.29, 0.717) is 13.7 Å². The Kier molecular flexibility index (Phi) is 4.64. The monoisotopic (exact) mass is 324 g/mol. The highest BCUT2D eigenvalue weighted by atomic mass is 79.9. The Labute approximate surface area is 109 Å². The lowest BCUT2D eigenvalue weighted by Crippen LogP contribution is -2.18. The molecule has 1 rings (SSSR count). The van der Waals surface area contributed by atoms with Gasteiger partial charge in [0.15, 0.2) is 5.78 Å². The molecule has 0 atom stereocenters. The Hall–Kier alpha value is -0.720. The van der Waals surface area contributed by atoms with E-state index in [1.54, 1.807) is 0 Å². The number of hydrogen-bond donors (Lipinski definition) is 0. The summed E-state index contributed by atoms with van der Waals surface area (Å²) < 4.78 is 4.82. The molecule has 1 heterocycles. The number of carbonyl (C=O) groups excluding carboxylic acids is 3. The van der Waals surface area contributed by atoms with Crippen LogP contribution in [0, 0.1) is 0 Å². The minimum atomic E-state index is -1.02. The van der Waals surface area contributed by atoms with Crippen LogP contribution in [0.4, 0.5) is 0 Å². The fourth-order valence-corrected chi connectivity index (χ4v) is 2.54. The van der Waals surface area contributed by atoms with Crippen LogP contribution in [0.25, 0.3) is 0 Å². The van der Waals surface area contributed by atoms with Crippen molar-refractivity contribution < 1.29 is 19.1 Å². The summed E-state index contributed by atoms with van der Waals surface area (Å²) in [4.78, 5) is 33.8. The predicted octanol–water partition coefficient (Wildman–Crippen LogP) is 2.48. The average molecular weight is 326 g/mol. The summed E-state index contributed by atoms with van der Waals surface area (Å²) in [5.41, 5.74) is 0. The maximum absolute atomic E-state index is 11.5. The van der Waals surface area contributed by atoms with E-state index < -0.39 is 24.0 Å². The highest BCUT2D eigenvalue weighted by Crippen LogP contribution is 2.32. The average Bonchev–Trinajstić information content (AvgIpc) is 2.58. The third-order valence-electron chi connectivity index (χ3n) is 1.65. The Morgan fingerprint density at radius 3 is 2.56 bits per heavy atom. The maximum Gasteiger partial charge on any atom is 0.374 e. The van der Waals surface area contributed by atoms with Gasteiger partial charge in [-0.3, -0.25) is 9.59 Å². The number of Topliss-reactive ketones (excluding diaryl/α,β-unsaturated/α-hetero) is 2. The van der Waals surface area contributed by atoms with E-state index in [9.17, 15) is 14.4 Å². The second-order valence-electron chi connectivity index (χ2n) is 2.75. The summed E-state index contributed by atoms with van der Waals surface area (Å²) in [6.45, 7) is 0. The van der Waals surface area contributed by atoms with Crippen LogP contribution in [0.2, 0.25) is 5.02 Å². The molecule has 16 heavy (non-hydrogen) atoms. The van der Waals surface area contributed by atoms with Crippen molar-refractivity contribution in [2.75, 3.05) is 7.11 Å². The summed E-state index contributed by atoms with van der Waals surface area (Å²) in [6.07, 6.45) is -0.504. The lowest BCUT2D eigenvalue weighted by Gasteiger charge is -1.96. The zero-order valence-electron chi connectivity index (χ0n) is 8.08. The summed E-state index contributed by atoms with van der Waals surface area (Å²) >= 11 is 10.0. The van der Waals surface area contributed by atoms with Crippen LogP contribution in [0.1, 0.15) is 16.1 Å². The molecule has 0 bridgehead atoms. The van der Waals surface area contributed by atoms with Gasteiger partial charge in [-0.2, -0.15) is 0 Å². The molecular formula is C9H6BrClO4S. The molecule has 0 aliphatic rings. The van der Waals surface area contributed by atoms with Crippen molar-refractivity contribution in [2.45, 2.75) is 6.42 Å². The van der Waals surface area contributed by atoms with Crippen molar-refractivity contribution in [3.8, 4) is 0 Å². The molecule has 1 aromatic heterocycles. The largest absolute Gasteiger partial charge is 0.463 e. The van der Waals surface area contributed by atoms with E-state index >= 15 is 0 Å². The van der Waals surface area contributed by atoms with Gasteiger partial charge in [-0.05, 0) is 22.0 Å². The number of carbonyl (C=O) groups is 3. The van der Waals surface area contributed by atoms with Crippen molar-refractivity contribution in [1.29, 1.82) is 0 Å². The standard InChI is InChI=1S/C9H6BrClO4S/c1-15-9(14)6(13)3-5(12)7-2-4(11)8(10)16-7/h2H,3H2,1H3. The first-order valence-electron chi connectivity index (χ1n) is 4.05. The molecule has 86 valence electrons. The van der Waals surface area contributed by atoms with Gasteiger partial charge in [0, 0.05) is 0 Å². The first-order valence-corrected chi connectivity index (χ1v) is 6.03. The van der Waals surface area contributed by atoms with E-state index in [1.807, 2.05) is 0 Å². The molecule has 1 aromatic rings. The van der Waals surface area contributed by atoms with Crippen LogP contribution in [0.3, 0.4) is 0 Å². The number of thiophene rings is 1. The Bertz CT molecular complexity index is 435. The second kappa shape index (κ2) is 5.56. The van der Waals surface area contributed by atoms with Gasteiger partial charge in [0.2, 0.25) is 5.78 Å². The topological polar surface area (TPSA) is 60.4 Å². The Balaban J connectivity index is 2.73. The number of rotatable bonds is 4. The summed E-state index contributed by atoms with van der Waals surface area (Å²) in [5, 5.41) is 0.402. The van der Waals surface area contributed by atoms with Gasteiger partial charge in [-0.1, -0.05) is 11.6 Å². The summed E-state index contributed by atoms with van der Waals surface area (Å²) in [5.74, 6) is -2.34. The quantitative estimate of drug-likeness (QED) is 0.369. The first kappa shape index (κ1) is 13.3. The third-order valence-corrected chi connectivity index (χ3v) is 4.17. The normalized spacial score (nSPS) is 9.94. The molecule has 4 nitrogen and oxygen atoms in total. The van der Waals surface area contributed by atoms with Crippen LogP contribution in [0.5, 0.6) is 0 Å². The first-order chi connectivity index (χ1) is 7.45. The van der Waals surface area contributed by atoms with Gasteiger partial charge in [-0.25, -0.2) is 4.79 Å². The van der Waals surface area contributed by atoms with Crippen molar-refractivity contribution in [1.82, 2.24) is 0 Å². The Morgan fingerprint density at radius 1 is 1.50 bits per heavy atom. The number of halogens is 2. The van der Waals surface area contributed by atoms with Gasteiger partial charge in [0.25, 0.3) is 0 Å². The van der Waals surface area contributed by atoms with E-state index in [1.165, 1.54) is 6.07 Å². The van der Waals surface area contributed by atoms with Crippen molar-refractivity contribution in [3.05, 3.63) is 19.8 Å². The van der Waals surface area contributed by atoms with Gasteiger partial charge in [0.05, 0.1) is 27.2 Å².